The van der Waals surface area contributed by atoms with E-state index in [9.17, 15) is 9.18 Å². The van der Waals surface area contributed by atoms with Gasteiger partial charge in [-0.1, -0.05) is 12.1 Å². The first-order valence-corrected chi connectivity index (χ1v) is 7.49. The summed E-state index contributed by atoms with van der Waals surface area (Å²) in [5.41, 5.74) is 1.31. The van der Waals surface area contributed by atoms with Gasteiger partial charge in [0.05, 0.1) is 18.7 Å². The zero-order valence-corrected chi connectivity index (χ0v) is 13.9. The number of nitrogens with one attached hydrogen (secondary N) is 1. The lowest BCUT2D eigenvalue weighted by atomic mass is 10.1. The molecule has 5 nitrogen and oxygen atoms in total. The van der Waals surface area contributed by atoms with Crippen molar-refractivity contribution in [1.29, 1.82) is 0 Å². The van der Waals surface area contributed by atoms with E-state index in [4.69, 9.17) is 9.84 Å². The first-order valence-electron chi connectivity index (χ1n) is 7.49. The Labute approximate surface area is 140 Å². The minimum Gasteiger partial charge on any atom is -0.497 e. The summed E-state index contributed by atoms with van der Waals surface area (Å²) in [6.07, 6.45) is 0. The molecule has 0 fully saturated rings. The van der Waals surface area contributed by atoms with Crippen molar-refractivity contribution in [2.24, 2.45) is 0 Å². The second-order valence-electron chi connectivity index (χ2n) is 5.63. The number of nitrogens with zero attached hydrogens (tertiary/aromatic N) is 1. The maximum absolute atomic E-state index is 13.5. The van der Waals surface area contributed by atoms with Crippen molar-refractivity contribution in [3.63, 3.8) is 0 Å². The van der Waals surface area contributed by atoms with Gasteiger partial charge in [0.2, 0.25) is 0 Å². The summed E-state index contributed by atoms with van der Waals surface area (Å²) in [6.45, 7) is 0.546. The van der Waals surface area contributed by atoms with Crippen LogP contribution in [0.2, 0.25) is 0 Å². The van der Waals surface area contributed by atoms with Crippen molar-refractivity contribution < 1.29 is 19.0 Å². The SMILES string of the molecule is COc1ccc(C(CNc2ccc(F)c(C(=O)O)c2)N(C)C)cc1. The smallest absolute Gasteiger partial charge is 0.338 e. The summed E-state index contributed by atoms with van der Waals surface area (Å²) >= 11 is 0. The highest BCUT2D eigenvalue weighted by Gasteiger charge is 2.15. The number of methoxy groups -OCH3 is 1. The van der Waals surface area contributed by atoms with Crippen LogP contribution in [0.25, 0.3) is 0 Å². The minimum absolute atomic E-state index is 0.0641. The Kier molecular flexibility index (Phi) is 5.76. The van der Waals surface area contributed by atoms with Gasteiger partial charge in [-0.25, -0.2) is 9.18 Å². The van der Waals surface area contributed by atoms with E-state index in [0.29, 0.717) is 12.2 Å². The van der Waals surface area contributed by atoms with E-state index in [0.717, 1.165) is 17.4 Å². The molecule has 2 rings (SSSR count). The second-order valence-corrected chi connectivity index (χ2v) is 5.63. The van der Waals surface area contributed by atoms with Gasteiger partial charge in [0, 0.05) is 12.2 Å². The Morgan fingerprint density at radius 3 is 2.46 bits per heavy atom. The molecule has 0 aliphatic rings. The number of carbonyl (C=O) groups is 1. The van der Waals surface area contributed by atoms with E-state index in [1.54, 1.807) is 7.11 Å². The molecule has 128 valence electrons. The van der Waals surface area contributed by atoms with Crippen LogP contribution in [0.15, 0.2) is 42.5 Å². The molecular formula is C18H21FN2O3. The fraction of sp³-hybridized carbons (Fsp3) is 0.278. The van der Waals surface area contributed by atoms with E-state index in [1.807, 2.05) is 38.4 Å². The highest BCUT2D eigenvalue weighted by Crippen LogP contribution is 2.23. The average Bonchev–Trinajstić information content (AvgIpc) is 2.56. The predicted molar refractivity (Wildman–Crippen MR) is 91.3 cm³/mol. The lowest BCUT2D eigenvalue weighted by Crippen LogP contribution is -2.26. The summed E-state index contributed by atoms with van der Waals surface area (Å²) < 4.78 is 18.6. The number of ether oxygens (including phenoxy) is 1. The summed E-state index contributed by atoms with van der Waals surface area (Å²) in [7, 11) is 5.54. The van der Waals surface area contributed by atoms with Crippen molar-refractivity contribution in [3.8, 4) is 5.75 Å². The number of carboxylic acid groups (broad SMARTS) is 1. The molecule has 0 bridgehead atoms. The Morgan fingerprint density at radius 2 is 1.92 bits per heavy atom. The first-order chi connectivity index (χ1) is 11.4. The third-order valence-corrected chi connectivity index (χ3v) is 3.82. The van der Waals surface area contributed by atoms with Gasteiger partial charge in [-0.05, 0) is 50.0 Å². The Balaban J connectivity index is 2.14. The predicted octanol–water partition coefficient (Wildman–Crippen LogP) is 3.25. The molecule has 1 atom stereocenters. The van der Waals surface area contributed by atoms with E-state index in [2.05, 4.69) is 10.2 Å². The molecule has 24 heavy (non-hydrogen) atoms. The van der Waals surface area contributed by atoms with Crippen molar-refractivity contribution >= 4 is 11.7 Å². The normalized spacial score (nSPS) is 12.0. The van der Waals surface area contributed by atoms with Crippen molar-refractivity contribution in [3.05, 3.63) is 59.4 Å². The van der Waals surface area contributed by atoms with Gasteiger partial charge in [0.1, 0.15) is 11.6 Å². The van der Waals surface area contributed by atoms with Crippen LogP contribution in [0.5, 0.6) is 5.75 Å². The molecular weight excluding hydrogens is 311 g/mol. The van der Waals surface area contributed by atoms with Crippen LogP contribution in [0, 0.1) is 5.82 Å². The minimum atomic E-state index is -1.28. The van der Waals surface area contributed by atoms with Crippen LogP contribution in [0.4, 0.5) is 10.1 Å². The van der Waals surface area contributed by atoms with Crippen LogP contribution in [0.3, 0.4) is 0 Å². The number of rotatable bonds is 7. The van der Waals surface area contributed by atoms with E-state index >= 15 is 0 Å². The summed E-state index contributed by atoms with van der Waals surface area (Å²) in [5.74, 6) is -1.24. The molecule has 0 saturated carbocycles. The largest absolute Gasteiger partial charge is 0.497 e. The van der Waals surface area contributed by atoms with E-state index in [1.165, 1.54) is 12.1 Å². The number of aromatic carboxylic acids is 1. The number of halogens is 1. The van der Waals surface area contributed by atoms with Gasteiger partial charge in [0.25, 0.3) is 0 Å². The maximum Gasteiger partial charge on any atom is 0.338 e. The van der Waals surface area contributed by atoms with Crippen molar-refractivity contribution in [2.45, 2.75) is 6.04 Å². The standard InChI is InChI=1S/C18H21FN2O3/c1-21(2)17(12-4-7-14(24-3)8-5-12)11-20-13-6-9-16(19)15(10-13)18(22)23/h4-10,17,20H,11H2,1-3H3,(H,22,23). The van der Waals surface area contributed by atoms with E-state index in [-0.39, 0.29) is 11.6 Å². The Bertz CT molecular complexity index is 702. The number of anilines is 1. The molecule has 0 aliphatic heterocycles. The first kappa shape index (κ1) is 17.7. The summed E-state index contributed by atoms with van der Waals surface area (Å²) in [6, 6.07) is 11.8. The van der Waals surface area contributed by atoms with Crippen LogP contribution < -0.4 is 10.1 Å². The molecule has 0 amide bonds. The summed E-state index contributed by atoms with van der Waals surface area (Å²) in [5, 5.41) is 12.2. The molecule has 2 N–H and O–H groups in total. The molecule has 0 heterocycles. The number of likely N-dealkylation sites (N-methyl/N-ethyl adjacent to an activating group) is 1. The number of carboxylic acids is 1. The van der Waals surface area contributed by atoms with E-state index < -0.39 is 11.8 Å². The van der Waals surface area contributed by atoms with Gasteiger partial charge < -0.3 is 20.1 Å². The van der Waals surface area contributed by atoms with Crippen LogP contribution in [-0.2, 0) is 0 Å². The molecule has 0 saturated heterocycles. The van der Waals surface area contributed by atoms with Crippen molar-refractivity contribution in [2.75, 3.05) is 33.1 Å². The third kappa shape index (κ3) is 4.23. The topological polar surface area (TPSA) is 61.8 Å². The van der Waals surface area contributed by atoms with Crippen LogP contribution >= 0.6 is 0 Å². The fourth-order valence-corrected chi connectivity index (χ4v) is 2.44. The maximum atomic E-state index is 13.5. The number of benzene rings is 2. The lowest BCUT2D eigenvalue weighted by molar-refractivity contribution is 0.0692. The number of hydrogen-bond donors (Lipinski definition) is 2. The quantitative estimate of drug-likeness (QED) is 0.815. The molecule has 6 heteroatoms. The highest BCUT2D eigenvalue weighted by molar-refractivity contribution is 5.89. The third-order valence-electron chi connectivity index (χ3n) is 3.82. The molecule has 0 aliphatic carbocycles. The number of hydrogen-bond acceptors (Lipinski definition) is 4. The Hall–Kier alpha value is -2.60. The van der Waals surface area contributed by atoms with Crippen LogP contribution in [-0.4, -0.2) is 43.7 Å². The fourth-order valence-electron chi connectivity index (χ4n) is 2.44. The molecule has 2 aromatic rings. The lowest BCUT2D eigenvalue weighted by Gasteiger charge is -2.26. The molecule has 2 aromatic carbocycles. The average molecular weight is 332 g/mol. The van der Waals surface area contributed by atoms with Gasteiger partial charge >= 0.3 is 5.97 Å². The van der Waals surface area contributed by atoms with Gasteiger partial charge in [0.15, 0.2) is 0 Å². The van der Waals surface area contributed by atoms with Crippen LogP contribution in [0.1, 0.15) is 22.0 Å². The van der Waals surface area contributed by atoms with Crippen molar-refractivity contribution in [1.82, 2.24) is 4.90 Å². The van der Waals surface area contributed by atoms with Gasteiger partial charge in [-0.2, -0.15) is 0 Å². The Morgan fingerprint density at radius 1 is 1.25 bits per heavy atom. The van der Waals surface area contributed by atoms with Gasteiger partial charge in [-0.15, -0.1) is 0 Å². The highest BCUT2D eigenvalue weighted by atomic mass is 19.1. The monoisotopic (exact) mass is 332 g/mol. The zero-order valence-electron chi connectivity index (χ0n) is 13.9. The molecule has 1 unspecified atom stereocenters. The molecule has 0 spiro atoms. The zero-order chi connectivity index (χ0) is 17.7. The molecule has 0 radical (unpaired) electrons. The van der Waals surface area contributed by atoms with Gasteiger partial charge in [-0.3, -0.25) is 0 Å². The second kappa shape index (κ2) is 7.79. The molecule has 0 aromatic heterocycles. The summed E-state index contributed by atoms with van der Waals surface area (Å²) in [4.78, 5) is 13.1.